The number of β-lactam (4-membered cyclic amide) rings is 1. The molecule has 0 saturated carbocycles. The van der Waals surface area contributed by atoms with E-state index in [9.17, 15) is 14.7 Å². The number of aliphatic hydroxyl groups excluding tert-OH is 1. The molecule has 0 aromatic carbocycles. The Balaban J connectivity index is 1.71. The molecular formula is C14H17N5O4S. The van der Waals surface area contributed by atoms with Crippen LogP contribution in [0.3, 0.4) is 0 Å². The summed E-state index contributed by atoms with van der Waals surface area (Å²) < 4.78 is 6.71. The first-order valence-corrected chi connectivity index (χ1v) is 8.38. The monoisotopic (exact) mass is 351 g/mol. The fourth-order valence-corrected chi connectivity index (χ4v) is 4.21. The molecule has 1 saturated heterocycles. The lowest BCUT2D eigenvalue weighted by atomic mass is 9.98. The van der Waals surface area contributed by atoms with Gasteiger partial charge in [-0.2, -0.15) is 0 Å². The molecule has 3 heterocycles. The Morgan fingerprint density at radius 3 is 3.04 bits per heavy atom. The molecule has 1 N–H and O–H groups in total. The third kappa shape index (κ3) is 2.94. The number of rotatable bonds is 8. The standard InChI is InChI=1S/C14H17N5O4S/c1-2-6-23-14(22)11-10(4-3-5-18-8-15-16-17-18)24-13-9(7-20)12(21)19(11)13/h2,8-9,13,20H,1,3-7H2/t9-,13+/m0/s1. The Morgan fingerprint density at radius 1 is 1.54 bits per heavy atom. The lowest BCUT2D eigenvalue weighted by Crippen LogP contribution is -2.58. The first-order chi connectivity index (χ1) is 11.7. The molecule has 24 heavy (non-hydrogen) atoms. The van der Waals surface area contributed by atoms with E-state index in [0.717, 1.165) is 4.91 Å². The van der Waals surface area contributed by atoms with Gasteiger partial charge in [-0.1, -0.05) is 12.7 Å². The average Bonchev–Trinajstić information content (AvgIpc) is 3.19. The average molecular weight is 351 g/mol. The van der Waals surface area contributed by atoms with Crippen molar-refractivity contribution in [3.63, 3.8) is 0 Å². The van der Waals surface area contributed by atoms with Crippen LogP contribution in [0.15, 0.2) is 29.6 Å². The van der Waals surface area contributed by atoms with Gasteiger partial charge in [0.1, 0.15) is 24.0 Å². The Morgan fingerprint density at radius 2 is 2.38 bits per heavy atom. The van der Waals surface area contributed by atoms with Gasteiger partial charge in [-0.25, -0.2) is 9.48 Å². The van der Waals surface area contributed by atoms with Crippen LogP contribution in [0.1, 0.15) is 12.8 Å². The van der Waals surface area contributed by atoms with Gasteiger partial charge >= 0.3 is 5.97 Å². The molecule has 2 atom stereocenters. The van der Waals surface area contributed by atoms with Gasteiger partial charge in [0.05, 0.1) is 12.5 Å². The Kier molecular flexibility index (Phi) is 4.95. The van der Waals surface area contributed by atoms with Crippen LogP contribution in [-0.4, -0.2) is 60.7 Å². The summed E-state index contributed by atoms with van der Waals surface area (Å²) in [5.41, 5.74) is 0.290. The lowest BCUT2D eigenvalue weighted by Gasteiger charge is -2.41. The van der Waals surface area contributed by atoms with Crippen molar-refractivity contribution in [1.82, 2.24) is 25.1 Å². The molecule has 2 aliphatic rings. The molecule has 0 unspecified atom stereocenters. The SMILES string of the molecule is C=CCOC(=O)C1=C(CCCn2cnnn2)S[C@@H]2[C@@H](CO)C(=O)N12. The minimum absolute atomic E-state index is 0.0844. The number of carbonyl (C=O) groups is 2. The number of hydrogen-bond acceptors (Lipinski definition) is 8. The molecule has 1 fully saturated rings. The Hall–Kier alpha value is -2.20. The second kappa shape index (κ2) is 7.14. The van der Waals surface area contributed by atoms with Crippen LogP contribution >= 0.6 is 11.8 Å². The van der Waals surface area contributed by atoms with Crippen LogP contribution in [0.2, 0.25) is 0 Å². The zero-order valence-electron chi connectivity index (χ0n) is 12.9. The molecule has 0 radical (unpaired) electrons. The van der Waals surface area contributed by atoms with Crippen molar-refractivity contribution in [1.29, 1.82) is 0 Å². The Labute approximate surface area is 142 Å². The van der Waals surface area contributed by atoms with Crippen LogP contribution in [-0.2, 0) is 20.9 Å². The predicted molar refractivity (Wildman–Crippen MR) is 84.0 cm³/mol. The summed E-state index contributed by atoms with van der Waals surface area (Å²) in [6.45, 7) is 3.98. The van der Waals surface area contributed by atoms with Gasteiger partial charge < -0.3 is 9.84 Å². The second-order valence-electron chi connectivity index (χ2n) is 5.34. The minimum atomic E-state index is -0.535. The van der Waals surface area contributed by atoms with E-state index in [2.05, 4.69) is 22.1 Å². The maximum atomic E-state index is 12.3. The number of tetrazole rings is 1. The number of aliphatic hydroxyl groups is 1. The van der Waals surface area contributed by atoms with Crippen LogP contribution in [0.25, 0.3) is 0 Å². The van der Waals surface area contributed by atoms with E-state index in [1.807, 2.05) is 0 Å². The topological polar surface area (TPSA) is 110 Å². The zero-order chi connectivity index (χ0) is 17.1. The van der Waals surface area contributed by atoms with Gasteiger partial charge in [0.2, 0.25) is 5.91 Å². The highest BCUT2D eigenvalue weighted by Crippen LogP contribution is 2.50. The van der Waals surface area contributed by atoms with E-state index in [0.29, 0.717) is 25.1 Å². The molecule has 1 aromatic heterocycles. The maximum Gasteiger partial charge on any atom is 0.356 e. The van der Waals surface area contributed by atoms with E-state index in [-0.39, 0.29) is 24.5 Å². The molecule has 1 aromatic rings. The molecule has 2 aliphatic heterocycles. The number of fused-ring (bicyclic) bond motifs is 1. The summed E-state index contributed by atoms with van der Waals surface area (Å²) in [6.07, 6.45) is 4.31. The van der Waals surface area contributed by atoms with Crippen molar-refractivity contribution in [3.05, 3.63) is 29.6 Å². The van der Waals surface area contributed by atoms with E-state index >= 15 is 0 Å². The van der Waals surface area contributed by atoms with Crippen molar-refractivity contribution in [3.8, 4) is 0 Å². The molecule has 1 amide bonds. The van der Waals surface area contributed by atoms with E-state index in [1.165, 1.54) is 29.1 Å². The largest absolute Gasteiger partial charge is 0.457 e. The van der Waals surface area contributed by atoms with Crippen molar-refractivity contribution in [2.24, 2.45) is 5.92 Å². The number of nitrogens with zero attached hydrogens (tertiary/aromatic N) is 5. The molecule has 0 bridgehead atoms. The van der Waals surface area contributed by atoms with Gasteiger partial charge in [-0.3, -0.25) is 9.69 Å². The lowest BCUT2D eigenvalue weighted by molar-refractivity contribution is -0.155. The van der Waals surface area contributed by atoms with E-state index in [1.54, 1.807) is 4.68 Å². The van der Waals surface area contributed by atoms with Crippen LogP contribution in [0.5, 0.6) is 0 Å². The number of amides is 1. The Bertz CT molecular complexity index is 675. The van der Waals surface area contributed by atoms with Gasteiger partial charge in [0.25, 0.3) is 0 Å². The van der Waals surface area contributed by atoms with E-state index in [4.69, 9.17) is 4.74 Å². The molecule has 9 nitrogen and oxygen atoms in total. The number of carbonyl (C=O) groups excluding carboxylic acids is 2. The first-order valence-electron chi connectivity index (χ1n) is 7.50. The van der Waals surface area contributed by atoms with Crippen LogP contribution in [0.4, 0.5) is 0 Å². The van der Waals surface area contributed by atoms with Gasteiger partial charge in [0.15, 0.2) is 0 Å². The summed E-state index contributed by atoms with van der Waals surface area (Å²) in [5, 5.41) is 20.0. The molecule has 3 rings (SSSR count). The van der Waals surface area contributed by atoms with Crippen molar-refractivity contribution < 1.29 is 19.4 Å². The van der Waals surface area contributed by atoms with Crippen LogP contribution < -0.4 is 0 Å². The smallest absolute Gasteiger partial charge is 0.356 e. The highest BCUT2D eigenvalue weighted by molar-refractivity contribution is 8.04. The third-order valence-electron chi connectivity index (χ3n) is 3.83. The maximum absolute atomic E-state index is 12.3. The molecule has 128 valence electrons. The van der Waals surface area contributed by atoms with Gasteiger partial charge in [-0.05, 0) is 23.3 Å². The summed E-state index contributed by atoms with van der Waals surface area (Å²) >= 11 is 1.44. The number of aromatic nitrogens is 4. The normalized spacial score (nSPS) is 22.4. The number of allylic oxidation sites excluding steroid dienone is 1. The van der Waals surface area contributed by atoms with Crippen LogP contribution in [0, 0.1) is 5.92 Å². The fourth-order valence-electron chi connectivity index (χ4n) is 2.68. The summed E-state index contributed by atoms with van der Waals surface area (Å²) in [7, 11) is 0. The minimum Gasteiger partial charge on any atom is -0.457 e. The zero-order valence-corrected chi connectivity index (χ0v) is 13.7. The number of ether oxygens (including phenoxy) is 1. The van der Waals surface area contributed by atoms with E-state index < -0.39 is 11.9 Å². The summed E-state index contributed by atoms with van der Waals surface area (Å²) in [5.74, 6) is -1.24. The fraction of sp³-hybridized carbons (Fsp3) is 0.500. The predicted octanol–water partition coefficient (Wildman–Crippen LogP) is -0.0823. The van der Waals surface area contributed by atoms with Crippen molar-refractivity contribution >= 4 is 23.6 Å². The molecule has 0 spiro atoms. The van der Waals surface area contributed by atoms with Gasteiger partial charge in [0, 0.05) is 11.4 Å². The quantitative estimate of drug-likeness (QED) is 0.393. The van der Waals surface area contributed by atoms with Crippen molar-refractivity contribution in [2.45, 2.75) is 24.8 Å². The summed E-state index contributed by atoms with van der Waals surface area (Å²) in [6, 6.07) is 0. The van der Waals surface area contributed by atoms with Crippen molar-refractivity contribution in [2.75, 3.05) is 13.2 Å². The number of aryl methyl sites for hydroxylation is 1. The molecule has 0 aliphatic carbocycles. The second-order valence-corrected chi connectivity index (χ2v) is 6.55. The molecular weight excluding hydrogens is 334 g/mol. The molecule has 10 heteroatoms. The third-order valence-corrected chi connectivity index (χ3v) is 5.29. The highest BCUT2D eigenvalue weighted by atomic mass is 32.2. The number of esters is 1. The number of hydrogen-bond donors (Lipinski definition) is 1. The summed E-state index contributed by atoms with van der Waals surface area (Å²) in [4.78, 5) is 26.7. The van der Waals surface area contributed by atoms with Gasteiger partial charge in [-0.15, -0.1) is 16.9 Å². The first kappa shape index (κ1) is 16.7. The highest BCUT2D eigenvalue weighted by Gasteiger charge is 2.55. The number of thioether (sulfide) groups is 1.